The van der Waals surface area contributed by atoms with Crippen LogP contribution in [0.4, 0.5) is 9.18 Å². The number of likely N-dealkylation sites (tertiary alicyclic amines) is 1. The lowest BCUT2D eigenvalue weighted by molar-refractivity contribution is -0.0190. The quantitative estimate of drug-likeness (QED) is 0.817. The SMILES string of the molecule is C[C@@H](NC(=O)N[C@@H]1CC2(CCN(C)CC2)Oc2ccccc21)c1ccc(F)cc1. The molecule has 6 heteroatoms. The summed E-state index contributed by atoms with van der Waals surface area (Å²) in [4.78, 5) is 15.1. The Morgan fingerprint density at radius 1 is 1.17 bits per heavy atom. The molecular weight excluding hydrogens is 369 g/mol. The summed E-state index contributed by atoms with van der Waals surface area (Å²) < 4.78 is 19.6. The Hall–Kier alpha value is -2.60. The molecule has 2 N–H and O–H groups in total. The van der Waals surface area contributed by atoms with Gasteiger partial charge in [0.2, 0.25) is 0 Å². The number of carbonyl (C=O) groups excluding carboxylic acids is 1. The molecule has 1 saturated heterocycles. The molecule has 2 heterocycles. The van der Waals surface area contributed by atoms with Crippen LogP contribution in [0, 0.1) is 5.82 Å². The fourth-order valence-corrected chi connectivity index (χ4v) is 4.31. The molecule has 0 saturated carbocycles. The van der Waals surface area contributed by atoms with Gasteiger partial charge in [0.25, 0.3) is 0 Å². The Morgan fingerprint density at radius 3 is 2.59 bits per heavy atom. The molecule has 2 aromatic carbocycles. The van der Waals surface area contributed by atoms with Crippen molar-refractivity contribution in [2.45, 2.75) is 43.9 Å². The highest BCUT2D eigenvalue weighted by molar-refractivity contribution is 5.75. The Balaban J connectivity index is 1.47. The van der Waals surface area contributed by atoms with E-state index in [1.807, 2.05) is 31.2 Å². The number of benzene rings is 2. The number of halogens is 1. The summed E-state index contributed by atoms with van der Waals surface area (Å²) in [6, 6.07) is 13.6. The van der Waals surface area contributed by atoms with Crippen molar-refractivity contribution in [3.8, 4) is 5.75 Å². The second kappa shape index (κ2) is 8.03. The van der Waals surface area contributed by atoms with E-state index in [1.54, 1.807) is 12.1 Å². The summed E-state index contributed by atoms with van der Waals surface area (Å²) in [7, 11) is 2.13. The lowest BCUT2D eigenvalue weighted by Gasteiger charge is -2.46. The molecule has 1 fully saturated rings. The standard InChI is InChI=1S/C23H28FN3O2/c1-16(17-7-9-18(24)10-8-17)25-22(28)26-20-15-23(11-13-27(2)14-12-23)29-21-6-4-3-5-19(20)21/h3-10,16,20H,11-15H2,1-2H3,(H2,25,26,28)/t16-,20-/m1/s1. The normalized spacial score (nSPS) is 21.7. The number of nitrogens with one attached hydrogen (secondary N) is 2. The number of ether oxygens (including phenoxy) is 1. The minimum absolute atomic E-state index is 0.108. The molecule has 1 spiro atoms. The van der Waals surface area contributed by atoms with E-state index >= 15 is 0 Å². The number of nitrogens with zero attached hydrogens (tertiary/aromatic N) is 1. The minimum Gasteiger partial charge on any atom is -0.487 e. The smallest absolute Gasteiger partial charge is 0.315 e. The summed E-state index contributed by atoms with van der Waals surface area (Å²) in [5.41, 5.74) is 1.64. The van der Waals surface area contributed by atoms with E-state index in [-0.39, 0.29) is 29.5 Å². The number of piperidine rings is 1. The number of rotatable bonds is 3. The van der Waals surface area contributed by atoms with Crippen molar-refractivity contribution < 1.29 is 13.9 Å². The molecule has 2 aliphatic heterocycles. The van der Waals surface area contributed by atoms with Crippen LogP contribution in [-0.2, 0) is 0 Å². The van der Waals surface area contributed by atoms with Gasteiger partial charge in [0.15, 0.2) is 0 Å². The first kappa shape index (κ1) is 19.7. The van der Waals surface area contributed by atoms with Gasteiger partial charge in [-0.1, -0.05) is 30.3 Å². The fraction of sp³-hybridized carbons (Fsp3) is 0.435. The lowest BCUT2D eigenvalue weighted by Crippen LogP contribution is -2.52. The zero-order valence-corrected chi connectivity index (χ0v) is 17.0. The van der Waals surface area contributed by atoms with E-state index in [0.717, 1.165) is 49.2 Å². The summed E-state index contributed by atoms with van der Waals surface area (Å²) >= 11 is 0. The van der Waals surface area contributed by atoms with Gasteiger partial charge in [-0.05, 0) is 50.6 Å². The molecule has 0 unspecified atom stereocenters. The molecule has 2 aromatic rings. The maximum absolute atomic E-state index is 13.1. The number of hydrogen-bond donors (Lipinski definition) is 2. The molecule has 0 bridgehead atoms. The molecule has 2 aliphatic rings. The van der Waals surface area contributed by atoms with Gasteiger partial charge in [0.1, 0.15) is 17.2 Å². The number of urea groups is 1. The zero-order valence-electron chi connectivity index (χ0n) is 17.0. The Morgan fingerprint density at radius 2 is 1.86 bits per heavy atom. The van der Waals surface area contributed by atoms with Crippen molar-refractivity contribution in [1.29, 1.82) is 0 Å². The van der Waals surface area contributed by atoms with E-state index in [0.29, 0.717) is 0 Å². The monoisotopic (exact) mass is 397 g/mol. The highest BCUT2D eigenvalue weighted by atomic mass is 19.1. The van der Waals surface area contributed by atoms with Crippen molar-refractivity contribution >= 4 is 6.03 Å². The van der Waals surface area contributed by atoms with Gasteiger partial charge < -0.3 is 20.3 Å². The molecule has 2 amide bonds. The van der Waals surface area contributed by atoms with Crippen LogP contribution in [0.15, 0.2) is 48.5 Å². The fourth-order valence-electron chi connectivity index (χ4n) is 4.31. The van der Waals surface area contributed by atoms with Gasteiger partial charge in [-0.3, -0.25) is 0 Å². The van der Waals surface area contributed by atoms with E-state index in [9.17, 15) is 9.18 Å². The van der Waals surface area contributed by atoms with Crippen LogP contribution in [0.25, 0.3) is 0 Å². The molecule has 29 heavy (non-hydrogen) atoms. The van der Waals surface area contributed by atoms with Crippen LogP contribution in [0.3, 0.4) is 0 Å². The summed E-state index contributed by atoms with van der Waals surface area (Å²) in [6.45, 7) is 3.87. The largest absolute Gasteiger partial charge is 0.487 e. The third-order valence-electron chi connectivity index (χ3n) is 6.12. The summed E-state index contributed by atoms with van der Waals surface area (Å²) in [6.07, 6.45) is 2.66. The molecule has 154 valence electrons. The van der Waals surface area contributed by atoms with Crippen molar-refractivity contribution in [2.75, 3.05) is 20.1 Å². The number of carbonyl (C=O) groups is 1. The predicted molar refractivity (Wildman–Crippen MR) is 110 cm³/mol. The minimum atomic E-state index is -0.285. The first-order chi connectivity index (χ1) is 13.9. The Labute approximate surface area is 171 Å². The lowest BCUT2D eigenvalue weighted by atomic mass is 9.80. The molecule has 0 aliphatic carbocycles. The second-order valence-corrected chi connectivity index (χ2v) is 8.27. The summed E-state index contributed by atoms with van der Waals surface area (Å²) in [5, 5.41) is 6.12. The molecule has 4 rings (SSSR count). The molecule has 2 atom stereocenters. The number of fused-ring (bicyclic) bond motifs is 1. The second-order valence-electron chi connectivity index (χ2n) is 8.27. The topological polar surface area (TPSA) is 53.6 Å². The van der Waals surface area contributed by atoms with Crippen LogP contribution >= 0.6 is 0 Å². The average Bonchev–Trinajstić information content (AvgIpc) is 2.71. The van der Waals surface area contributed by atoms with Crippen LogP contribution in [-0.4, -0.2) is 36.7 Å². The molecule has 5 nitrogen and oxygen atoms in total. The maximum Gasteiger partial charge on any atom is 0.315 e. The van der Waals surface area contributed by atoms with Crippen molar-refractivity contribution in [3.05, 3.63) is 65.5 Å². The van der Waals surface area contributed by atoms with E-state index < -0.39 is 0 Å². The van der Waals surface area contributed by atoms with Crippen LogP contribution in [0.2, 0.25) is 0 Å². The highest BCUT2D eigenvalue weighted by Gasteiger charge is 2.43. The van der Waals surface area contributed by atoms with Gasteiger partial charge in [0, 0.05) is 25.1 Å². The van der Waals surface area contributed by atoms with Crippen LogP contribution in [0.5, 0.6) is 5.75 Å². The first-order valence-electron chi connectivity index (χ1n) is 10.2. The highest BCUT2D eigenvalue weighted by Crippen LogP contribution is 2.44. The summed E-state index contributed by atoms with van der Waals surface area (Å²) in [5.74, 6) is 0.577. The van der Waals surface area contributed by atoms with E-state index in [2.05, 4.69) is 22.6 Å². The van der Waals surface area contributed by atoms with Gasteiger partial charge in [0.05, 0.1) is 12.1 Å². The Kier molecular flexibility index (Phi) is 5.46. The van der Waals surface area contributed by atoms with Gasteiger partial charge in [-0.2, -0.15) is 0 Å². The number of para-hydroxylation sites is 1. The predicted octanol–water partition coefficient (Wildman–Crippen LogP) is 4.17. The van der Waals surface area contributed by atoms with Crippen molar-refractivity contribution in [2.24, 2.45) is 0 Å². The molecule has 0 radical (unpaired) electrons. The van der Waals surface area contributed by atoms with Crippen molar-refractivity contribution in [1.82, 2.24) is 15.5 Å². The van der Waals surface area contributed by atoms with Crippen molar-refractivity contribution in [3.63, 3.8) is 0 Å². The van der Waals surface area contributed by atoms with Gasteiger partial charge in [-0.25, -0.2) is 9.18 Å². The zero-order chi connectivity index (χ0) is 20.4. The average molecular weight is 397 g/mol. The van der Waals surface area contributed by atoms with Crippen LogP contribution in [0.1, 0.15) is 49.4 Å². The van der Waals surface area contributed by atoms with E-state index in [4.69, 9.17) is 4.74 Å². The van der Waals surface area contributed by atoms with Gasteiger partial charge >= 0.3 is 6.03 Å². The third-order valence-corrected chi connectivity index (χ3v) is 6.12. The molecule has 0 aromatic heterocycles. The first-order valence-corrected chi connectivity index (χ1v) is 10.2. The number of hydrogen-bond acceptors (Lipinski definition) is 3. The number of amides is 2. The van der Waals surface area contributed by atoms with E-state index in [1.165, 1.54) is 12.1 Å². The van der Waals surface area contributed by atoms with Crippen LogP contribution < -0.4 is 15.4 Å². The van der Waals surface area contributed by atoms with Gasteiger partial charge in [-0.15, -0.1) is 0 Å². The molecular formula is C23H28FN3O2. The third kappa shape index (κ3) is 4.37. The maximum atomic E-state index is 13.1. The Bertz CT molecular complexity index is 863.